The highest BCUT2D eigenvalue weighted by Crippen LogP contribution is 2.17. The lowest BCUT2D eigenvalue weighted by Gasteiger charge is -2.37. The highest BCUT2D eigenvalue weighted by atomic mass is 32.1. The smallest absolute Gasteiger partial charge is 0.303 e. The highest BCUT2D eigenvalue weighted by molar-refractivity contribution is 7.11. The fourth-order valence-electron chi connectivity index (χ4n) is 1.96. The topological polar surface area (TPSA) is 89.8 Å². The summed E-state index contributed by atoms with van der Waals surface area (Å²) in [7, 11) is 0. The molecule has 8 heteroatoms. The van der Waals surface area contributed by atoms with Crippen molar-refractivity contribution in [2.75, 3.05) is 20.0 Å². The molecule has 1 aliphatic rings. The van der Waals surface area contributed by atoms with Crippen LogP contribution in [0, 0.1) is 12.3 Å². The van der Waals surface area contributed by atoms with E-state index in [1.54, 1.807) is 16.2 Å². The van der Waals surface area contributed by atoms with E-state index in [1.165, 1.54) is 0 Å². The lowest BCUT2D eigenvalue weighted by molar-refractivity contribution is -0.137. The maximum Gasteiger partial charge on any atom is 0.303 e. The van der Waals surface area contributed by atoms with Crippen LogP contribution in [0.5, 0.6) is 0 Å². The maximum absolute atomic E-state index is 10.5. The molecular weight excluding hydrogens is 280 g/mol. The molecule has 110 valence electrons. The van der Waals surface area contributed by atoms with E-state index >= 15 is 0 Å². The molecule has 0 spiro atoms. The second kappa shape index (κ2) is 6.67. The Bertz CT molecular complexity index is 491. The minimum Gasteiger partial charge on any atom is -0.481 e. The molecule has 0 aromatic carbocycles. The molecule has 2 N–H and O–H groups in total. The van der Waals surface area contributed by atoms with Gasteiger partial charge in [-0.2, -0.15) is 0 Å². The zero-order chi connectivity index (χ0) is 14.5. The van der Waals surface area contributed by atoms with Crippen molar-refractivity contribution in [2.24, 2.45) is 0 Å². The van der Waals surface area contributed by atoms with E-state index in [0.29, 0.717) is 38.9 Å². The number of nitrogens with one attached hydrogen (secondary N) is 1. The molecular formula is C12H18N4O3S. The first-order chi connectivity index (χ1) is 9.56. The average Bonchev–Trinajstić information content (AvgIpc) is 2.79. The number of carboxylic acids is 1. The number of guanidine groups is 1. The molecule has 0 amide bonds. The van der Waals surface area contributed by atoms with Gasteiger partial charge in [-0.3, -0.25) is 10.2 Å². The fraction of sp³-hybridized carbons (Fsp3) is 0.583. The molecule has 7 nitrogen and oxygen atoms in total. The molecule has 1 saturated heterocycles. The van der Waals surface area contributed by atoms with E-state index in [-0.39, 0.29) is 6.42 Å². The van der Waals surface area contributed by atoms with Gasteiger partial charge in [-0.1, -0.05) is 0 Å². The van der Waals surface area contributed by atoms with Crippen molar-refractivity contribution in [3.63, 3.8) is 0 Å². The van der Waals surface area contributed by atoms with E-state index in [1.807, 2.05) is 18.0 Å². The largest absolute Gasteiger partial charge is 0.481 e. The number of rotatable bonds is 6. The Hall–Kier alpha value is -1.67. The van der Waals surface area contributed by atoms with Crippen molar-refractivity contribution in [3.05, 3.63) is 16.1 Å². The molecule has 0 bridgehead atoms. The van der Waals surface area contributed by atoms with Crippen molar-refractivity contribution in [1.82, 2.24) is 14.8 Å². The molecule has 0 aliphatic carbocycles. The van der Waals surface area contributed by atoms with Gasteiger partial charge >= 0.3 is 5.97 Å². The molecule has 0 atom stereocenters. The van der Waals surface area contributed by atoms with Gasteiger partial charge in [0.1, 0.15) is 13.5 Å². The van der Waals surface area contributed by atoms with Crippen LogP contribution in [0.15, 0.2) is 6.20 Å². The number of nitrogens with zero attached hydrogens (tertiary/aromatic N) is 3. The molecule has 1 aromatic rings. The van der Waals surface area contributed by atoms with Gasteiger partial charge in [0.2, 0.25) is 0 Å². The number of aromatic nitrogens is 1. The van der Waals surface area contributed by atoms with Crippen molar-refractivity contribution in [1.29, 1.82) is 5.41 Å². The summed E-state index contributed by atoms with van der Waals surface area (Å²) < 4.78 is 5.45. The quantitative estimate of drug-likeness (QED) is 0.823. The minimum absolute atomic E-state index is 0.109. The summed E-state index contributed by atoms with van der Waals surface area (Å²) in [5.41, 5.74) is 0. The maximum atomic E-state index is 10.5. The zero-order valence-corrected chi connectivity index (χ0v) is 12.2. The number of ether oxygens (including phenoxy) is 1. The van der Waals surface area contributed by atoms with Gasteiger partial charge < -0.3 is 19.6 Å². The number of hydrogen-bond acceptors (Lipinski definition) is 5. The molecule has 1 aromatic heterocycles. The van der Waals surface area contributed by atoms with Gasteiger partial charge in [-0.15, -0.1) is 11.3 Å². The van der Waals surface area contributed by atoms with Crippen LogP contribution in [-0.2, 0) is 16.1 Å². The Balaban J connectivity index is 1.87. The van der Waals surface area contributed by atoms with Crippen molar-refractivity contribution in [2.45, 2.75) is 26.3 Å². The molecule has 0 radical (unpaired) electrons. The van der Waals surface area contributed by atoms with Crippen LogP contribution in [0.25, 0.3) is 0 Å². The summed E-state index contributed by atoms with van der Waals surface area (Å²) >= 11 is 1.61. The lowest BCUT2D eigenvalue weighted by atomic mass is 10.3. The van der Waals surface area contributed by atoms with Crippen LogP contribution >= 0.6 is 11.3 Å². The Morgan fingerprint density at radius 3 is 2.95 bits per heavy atom. The van der Waals surface area contributed by atoms with E-state index in [4.69, 9.17) is 15.3 Å². The number of carbonyl (C=O) groups is 1. The van der Waals surface area contributed by atoms with Crippen molar-refractivity contribution >= 4 is 23.3 Å². The van der Waals surface area contributed by atoms with Crippen LogP contribution < -0.4 is 0 Å². The van der Waals surface area contributed by atoms with Gasteiger partial charge in [0.05, 0.1) is 11.6 Å². The lowest BCUT2D eigenvalue weighted by Crippen LogP contribution is -2.50. The second-order valence-electron chi connectivity index (χ2n) is 4.59. The minimum atomic E-state index is -0.813. The Kier molecular flexibility index (Phi) is 4.91. The Morgan fingerprint density at radius 2 is 2.30 bits per heavy atom. The molecule has 2 rings (SSSR count). The molecule has 0 saturated carbocycles. The fourth-order valence-corrected chi connectivity index (χ4v) is 2.77. The Morgan fingerprint density at radius 1 is 1.55 bits per heavy atom. The van der Waals surface area contributed by atoms with Gasteiger partial charge in [-0.25, -0.2) is 4.98 Å². The summed E-state index contributed by atoms with van der Waals surface area (Å²) in [4.78, 5) is 19.4. The predicted molar refractivity (Wildman–Crippen MR) is 74.5 cm³/mol. The van der Waals surface area contributed by atoms with Crippen LogP contribution in [-0.4, -0.2) is 51.8 Å². The van der Waals surface area contributed by atoms with E-state index in [9.17, 15) is 4.79 Å². The zero-order valence-electron chi connectivity index (χ0n) is 11.3. The van der Waals surface area contributed by atoms with Crippen molar-refractivity contribution in [3.8, 4) is 0 Å². The first-order valence-corrected chi connectivity index (χ1v) is 7.17. The summed E-state index contributed by atoms with van der Waals surface area (Å²) in [5.74, 6) is -0.431. The summed E-state index contributed by atoms with van der Waals surface area (Å²) in [6, 6.07) is 0. The number of aryl methyl sites for hydroxylation is 1. The predicted octanol–water partition coefficient (Wildman–Crippen LogP) is 1.30. The summed E-state index contributed by atoms with van der Waals surface area (Å²) in [6.45, 7) is 3.79. The number of aliphatic carboxylic acids is 1. The number of thiazole rings is 1. The van der Waals surface area contributed by atoms with Crippen LogP contribution in [0.3, 0.4) is 0 Å². The van der Waals surface area contributed by atoms with E-state index < -0.39 is 5.97 Å². The van der Waals surface area contributed by atoms with Crippen LogP contribution in [0.2, 0.25) is 0 Å². The van der Waals surface area contributed by atoms with Crippen LogP contribution in [0.4, 0.5) is 0 Å². The van der Waals surface area contributed by atoms with Gasteiger partial charge in [0.15, 0.2) is 5.96 Å². The number of hydrogen-bond donors (Lipinski definition) is 2. The molecule has 2 heterocycles. The third-order valence-electron chi connectivity index (χ3n) is 2.93. The normalized spacial score (nSPS) is 15.8. The van der Waals surface area contributed by atoms with Crippen molar-refractivity contribution < 1.29 is 14.6 Å². The van der Waals surface area contributed by atoms with Gasteiger partial charge in [0, 0.05) is 24.0 Å². The third kappa shape index (κ3) is 3.91. The second-order valence-corrected chi connectivity index (χ2v) is 5.91. The summed E-state index contributed by atoms with van der Waals surface area (Å²) in [5, 5.41) is 17.8. The summed E-state index contributed by atoms with van der Waals surface area (Å²) in [6.07, 6.45) is 2.43. The SMILES string of the molecule is Cc1ncc(CN2COCN(CCCC(=O)O)C2=N)s1. The van der Waals surface area contributed by atoms with E-state index in [2.05, 4.69) is 4.98 Å². The first kappa shape index (κ1) is 14.7. The molecule has 1 fully saturated rings. The highest BCUT2D eigenvalue weighted by Gasteiger charge is 2.23. The molecule has 20 heavy (non-hydrogen) atoms. The average molecular weight is 298 g/mol. The first-order valence-electron chi connectivity index (χ1n) is 6.35. The third-order valence-corrected chi connectivity index (χ3v) is 3.83. The van der Waals surface area contributed by atoms with Gasteiger partial charge in [-0.05, 0) is 13.3 Å². The molecule has 0 unspecified atom stereocenters. The standard InChI is InChI=1S/C12H18N4O3S/c1-9-14-5-10(20-9)6-16-8-19-7-15(12(16)13)4-2-3-11(17)18/h5,13H,2-4,6-8H2,1H3,(H,17,18). The molecule has 1 aliphatic heterocycles. The number of carboxylic acid groups (broad SMARTS) is 1. The Labute approximate surface area is 121 Å². The monoisotopic (exact) mass is 298 g/mol. The van der Waals surface area contributed by atoms with Crippen LogP contribution in [0.1, 0.15) is 22.7 Å². The van der Waals surface area contributed by atoms with E-state index in [0.717, 1.165) is 9.88 Å². The van der Waals surface area contributed by atoms with Gasteiger partial charge in [0.25, 0.3) is 0 Å².